The first-order valence-electron chi connectivity index (χ1n) is 8.94. The van der Waals surface area contributed by atoms with Crippen molar-refractivity contribution in [1.29, 1.82) is 0 Å². The second kappa shape index (κ2) is 8.45. The van der Waals surface area contributed by atoms with Crippen molar-refractivity contribution < 1.29 is 9.18 Å². The molecule has 0 radical (unpaired) electrons. The van der Waals surface area contributed by atoms with Crippen molar-refractivity contribution in [1.82, 2.24) is 14.9 Å². The van der Waals surface area contributed by atoms with Gasteiger partial charge in [-0.15, -0.1) is 11.3 Å². The lowest BCUT2D eigenvalue weighted by molar-refractivity contribution is -0.118. The Morgan fingerprint density at radius 2 is 2.04 bits per heavy atom. The average Bonchev–Trinajstić information content (AvgIpc) is 2.93. The minimum atomic E-state index is -0.348. The number of hydrogen-bond donors (Lipinski definition) is 1. The van der Waals surface area contributed by atoms with Crippen LogP contribution in [0, 0.1) is 19.7 Å². The molecule has 0 saturated heterocycles. The Labute approximate surface area is 171 Å². The van der Waals surface area contributed by atoms with Gasteiger partial charge >= 0.3 is 0 Å². The maximum atomic E-state index is 13.7. The zero-order valence-electron chi connectivity index (χ0n) is 16.2. The lowest BCUT2D eigenvalue weighted by Crippen LogP contribution is -2.27. The summed E-state index contributed by atoms with van der Waals surface area (Å²) in [6.45, 7) is 7.88. The zero-order valence-corrected chi connectivity index (χ0v) is 17.8. The first-order chi connectivity index (χ1) is 13.3. The van der Waals surface area contributed by atoms with E-state index in [2.05, 4.69) is 10.3 Å². The van der Waals surface area contributed by atoms with Gasteiger partial charge in [0.05, 0.1) is 11.1 Å². The number of thioether (sulfide) groups is 1. The van der Waals surface area contributed by atoms with Crippen LogP contribution in [0.15, 0.2) is 34.2 Å². The number of aromatic nitrogens is 2. The number of nitrogens with one attached hydrogen (secondary N) is 1. The molecule has 0 bridgehead atoms. The number of halogens is 1. The molecule has 0 atom stereocenters. The van der Waals surface area contributed by atoms with Crippen molar-refractivity contribution in [3.8, 4) is 0 Å². The van der Waals surface area contributed by atoms with Crippen LogP contribution in [0.4, 0.5) is 4.39 Å². The second-order valence-electron chi connectivity index (χ2n) is 6.78. The summed E-state index contributed by atoms with van der Waals surface area (Å²) in [5.41, 5.74) is 1.33. The van der Waals surface area contributed by atoms with Crippen molar-refractivity contribution in [3.05, 3.63) is 56.4 Å². The summed E-state index contributed by atoms with van der Waals surface area (Å²) < 4.78 is 15.3. The van der Waals surface area contributed by atoms with Crippen molar-refractivity contribution >= 4 is 39.2 Å². The van der Waals surface area contributed by atoms with E-state index in [1.54, 1.807) is 22.8 Å². The molecule has 0 aliphatic rings. The topological polar surface area (TPSA) is 64.0 Å². The van der Waals surface area contributed by atoms with Gasteiger partial charge in [-0.05, 0) is 39.3 Å². The molecule has 0 spiro atoms. The van der Waals surface area contributed by atoms with E-state index in [0.29, 0.717) is 20.9 Å². The minimum absolute atomic E-state index is 0.0730. The largest absolute Gasteiger partial charge is 0.351 e. The Bertz CT molecular complexity index is 1090. The summed E-state index contributed by atoms with van der Waals surface area (Å²) in [6.07, 6.45) is 0. The normalized spacial score (nSPS) is 11.4. The molecule has 2 aromatic heterocycles. The highest BCUT2D eigenvalue weighted by molar-refractivity contribution is 7.99. The highest BCUT2D eigenvalue weighted by Crippen LogP contribution is 2.29. The predicted molar refractivity (Wildman–Crippen MR) is 113 cm³/mol. The lowest BCUT2D eigenvalue weighted by atomic mass is 10.2. The van der Waals surface area contributed by atoms with Crippen LogP contribution in [0.2, 0.25) is 0 Å². The highest BCUT2D eigenvalue weighted by atomic mass is 32.2. The van der Waals surface area contributed by atoms with Gasteiger partial charge in [-0.25, -0.2) is 9.37 Å². The summed E-state index contributed by atoms with van der Waals surface area (Å²) >= 11 is 2.71. The fourth-order valence-electron chi connectivity index (χ4n) is 2.86. The smallest absolute Gasteiger partial charge is 0.263 e. The van der Waals surface area contributed by atoms with E-state index in [9.17, 15) is 14.0 Å². The molecule has 1 amide bonds. The molecule has 0 aliphatic heterocycles. The molecule has 3 aromatic rings. The first-order valence-corrected chi connectivity index (χ1v) is 10.7. The van der Waals surface area contributed by atoms with Gasteiger partial charge in [0, 0.05) is 23.0 Å². The maximum Gasteiger partial charge on any atom is 0.263 e. The Morgan fingerprint density at radius 1 is 1.32 bits per heavy atom. The van der Waals surface area contributed by atoms with Gasteiger partial charge in [-0.1, -0.05) is 30.0 Å². The van der Waals surface area contributed by atoms with Crippen LogP contribution in [-0.2, 0) is 11.3 Å². The number of thiophene rings is 1. The molecule has 0 saturated carbocycles. The summed E-state index contributed by atoms with van der Waals surface area (Å²) in [4.78, 5) is 31.6. The number of nitrogens with zero attached hydrogens (tertiary/aromatic N) is 2. The van der Waals surface area contributed by atoms with E-state index < -0.39 is 0 Å². The predicted octanol–water partition coefficient (Wildman–Crippen LogP) is 4.20. The summed E-state index contributed by atoms with van der Waals surface area (Å²) in [5, 5.41) is 3.89. The SMILES string of the molecule is Cc1sc2nc(SCC(=O)NCc3ccccc3F)n(C(C)C)c(=O)c2c1C. The van der Waals surface area contributed by atoms with E-state index in [4.69, 9.17) is 0 Å². The van der Waals surface area contributed by atoms with Crippen LogP contribution in [0.3, 0.4) is 0 Å². The fraction of sp³-hybridized carbons (Fsp3) is 0.350. The quantitative estimate of drug-likeness (QED) is 0.480. The highest BCUT2D eigenvalue weighted by Gasteiger charge is 2.19. The van der Waals surface area contributed by atoms with E-state index in [1.165, 1.54) is 29.2 Å². The Balaban J connectivity index is 1.78. The van der Waals surface area contributed by atoms with Crippen LogP contribution in [0.5, 0.6) is 0 Å². The first kappa shape index (κ1) is 20.5. The molecular weight excluding hydrogens is 397 g/mol. The molecule has 3 rings (SSSR count). The Morgan fingerprint density at radius 3 is 2.71 bits per heavy atom. The molecule has 1 aromatic carbocycles. The standard InChI is InChI=1S/C20H22FN3O2S2/c1-11(2)24-19(26)17-12(3)13(4)28-18(17)23-20(24)27-10-16(25)22-9-14-7-5-6-8-15(14)21/h5-8,11H,9-10H2,1-4H3,(H,22,25). The number of carbonyl (C=O) groups is 1. The molecule has 8 heteroatoms. The van der Waals surface area contributed by atoms with Gasteiger partial charge in [0.2, 0.25) is 5.91 Å². The molecule has 2 heterocycles. The third kappa shape index (κ3) is 4.12. The van der Waals surface area contributed by atoms with E-state index in [1.807, 2.05) is 27.7 Å². The number of benzene rings is 1. The van der Waals surface area contributed by atoms with Gasteiger partial charge < -0.3 is 5.32 Å². The van der Waals surface area contributed by atoms with Crippen molar-refractivity contribution in [2.75, 3.05) is 5.75 Å². The number of carbonyl (C=O) groups excluding carboxylic acids is 1. The van der Waals surface area contributed by atoms with Gasteiger partial charge in [-0.3, -0.25) is 14.2 Å². The number of hydrogen-bond acceptors (Lipinski definition) is 5. The van der Waals surface area contributed by atoms with Crippen molar-refractivity contribution in [2.24, 2.45) is 0 Å². The van der Waals surface area contributed by atoms with Gasteiger partial charge in [0.1, 0.15) is 10.6 Å². The molecular formula is C20H22FN3O2S2. The van der Waals surface area contributed by atoms with Gasteiger partial charge in [-0.2, -0.15) is 0 Å². The van der Waals surface area contributed by atoms with Crippen LogP contribution in [-0.4, -0.2) is 21.2 Å². The molecule has 0 aliphatic carbocycles. The third-order valence-corrected chi connectivity index (χ3v) is 6.54. The van der Waals surface area contributed by atoms with E-state index in [0.717, 1.165) is 10.4 Å². The summed E-state index contributed by atoms with van der Waals surface area (Å²) in [6, 6.07) is 6.26. The number of aryl methyl sites for hydroxylation is 2. The number of rotatable bonds is 6. The Hall–Kier alpha value is -2.19. The number of amides is 1. The van der Waals surface area contributed by atoms with Crippen LogP contribution >= 0.6 is 23.1 Å². The maximum absolute atomic E-state index is 13.7. The average molecular weight is 420 g/mol. The van der Waals surface area contributed by atoms with Crippen LogP contribution in [0.1, 0.15) is 35.9 Å². The fourth-order valence-corrected chi connectivity index (χ4v) is 4.89. The molecule has 28 heavy (non-hydrogen) atoms. The lowest BCUT2D eigenvalue weighted by Gasteiger charge is -2.15. The molecule has 0 fully saturated rings. The van der Waals surface area contributed by atoms with Crippen LogP contribution < -0.4 is 10.9 Å². The zero-order chi connectivity index (χ0) is 20.4. The second-order valence-corrected chi connectivity index (χ2v) is 8.93. The van der Waals surface area contributed by atoms with Gasteiger partial charge in [0.15, 0.2) is 5.16 Å². The van der Waals surface area contributed by atoms with E-state index in [-0.39, 0.29) is 35.6 Å². The van der Waals surface area contributed by atoms with Crippen molar-refractivity contribution in [2.45, 2.75) is 45.4 Å². The minimum Gasteiger partial charge on any atom is -0.351 e. The Kier molecular flexibility index (Phi) is 6.20. The summed E-state index contributed by atoms with van der Waals surface area (Å²) in [7, 11) is 0. The van der Waals surface area contributed by atoms with Crippen LogP contribution in [0.25, 0.3) is 10.2 Å². The summed E-state index contributed by atoms with van der Waals surface area (Å²) in [5.74, 6) is -0.487. The van der Waals surface area contributed by atoms with Crippen molar-refractivity contribution in [3.63, 3.8) is 0 Å². The third-order valence-electron chi connectivity index (χ3n) is 4.49. The molecule has 5 nitrogen and oxygen atoms in total. The van der Waals surface area contributed by atoms with E-state index >= 15 is 0 Å². The number of fused-ring (bicyclic) bond motifs is 1. The molecule has 0 unspecified atom stereocenters. The van der Waals surface area contributed by atoms with Gasteiger partial charge in [0.25, 0.3) is 5.56 Å². The monoisotopic (exact) mass is 419 g/mol. The molecule has 148 valence electrons. The molecule has 1 N–H and O–H groups in total.